The maximum absolute atomic E-state index is 12.3. The molecule has 0 atom stereocenters. The molecule has 2 aromatic carbocycles. The van der Waals surface area contributed by atoms with E-state index in [1.165, 1.54) is 41.5 Å². The lowest BCUT2D eigenvalue weighted by atomic mass is 10.1. The number of thioether (sulfide) groups is 1. The Morgan fingerprint density at radius 3 is 2.31 bits per heavy atom. The molecule has 3 aromatic rings. The van der Waals surface area contributed by atoms with Crippen LogP contribution in [0.4, 0.5) is 11.4 Å². The van der Waals surface area contributed by atoms with Gasteiger partial charge in [0.25, 0.3) is 0 Å². The van der Waals surface area contributed by atoms with Crippen LogP contribution in [0.5, 0.6) is 5.75 Å². The molecule has 0 aliphatic rings. The maximum atomic E-state index is 12.3. The van der Waals surface area contributed by atoms with E-state index in [9.17, 15) is 9.59 Å². The van der Waals surface area contributed by atoms with Crippen LogP contribution < -0.4 is 15.4 Å². The Hall–Kier alpha value is -2.84. The van der Waals surface area contributed by atoms with Gasteiger partial charge >= 0.3 is 0 Å². The monoisotopic (exact) mass is 469 g/mol. The zero-order chi connectivity index (χ0) is 22.8. The summed E-state index contributed by atoms with van der Waals surface area (Å²) in [6, 6.07) is 15.2. The smallest absolute Gasteiger partial charge is 0.234 e. The predicted octanol–water partition coefficient (Wildman–Crippen LogP) is 5.41. The first kappa shape index (κ1) is 23.8. The molecule has 6 nitrogen and oxygen atoms in total. The summed E-state index contributed by atoms with van der Waals surface area (Å²) >= 11 is 2.79. The van der Waals surface area contributed by atoms with E-state index in [0.29, 0.717) is 11.4 Å². The lowest BCUT2D eigenvalue weighted by molar-refractivity contribution is -0.116. The zero-order valence-electron chi connectivity index (χ0n) is 18.2. The van der Waals surface area contributed by atoms with Crippen LogP contribution in [0.25, 0.3) is 0 Å². The number of carbonyl (C=O) groups is 2. The van der Waals surface area contributed by atoms with Crippen molar-refractivity contribution in [3.63, 3.8) is 0 Å². The Morgan fingerprint density at radius 1 is 1.00 bits per heavy atom. The number of unbranched alkanes of at least 4 members (excludes halogenated alkanes) is 1. The number of nitrogens with one attached hydrogen (secondary N) is 2. The van der Waals surface area contributed by atoms with Gasteiger partial charge < -0.3 is 15.4 Å². The summed E-state index contributed by atoms with van der Waals surface area (Å²) in [7, 11) is 1.60. The highest BCUT2D eigenvalue weighted by Crippen LogP contribution is 2.24. The first-order valence-electron chi connectivity index (χ1n) is 10.5. The minimum Gasteiger partial charge on any atom is -0.497 e. The third-order valence-electron chi connectivity index (χ3n) is 4.63. The number of hydrogen-bond acceptors (Lipinski definition) is 6. The van der Waals surface area contributed by atoms with Crippen molar-refractivity contribution < 1.29 is 14.3 Å². The molecule has 0 spiro atoms. The van der Waals surface area contributed by atoms with Crippen LogP contribution in [-0.4, -0.2) is 29.7 Å². The van der Waals surface area contributed by atoms with Gasteiger partial charge in [0.1, 0.15) is 5.75 Å². The SMILES string of the molecule is CCCCc1ccc(NC(=O)Cc2csc(SCC(=O)Nc3ccc(OC)cc3)n2)cc1. The molecular weight excluding hydrogens is 442 g/mol. The van der Waals surface area contributed by atoms with E-state index in [-0.39, 0.29) is 24.0 Å². The van der Waals surface area contributed by atoms with Crippen LogP contribution in [-0.2, 0) is 22.4 Å². The Kier molecular flexibility index (Phi) is 9.13. The van der Waals surface area contributed by atoms with Crippen molar-refractivity contribution in [3.05, 3.63) is 65.2 Å². The summed E-state index contributed by atoms with van der Waals surface area (Å²) in [4.78, 5) is 29.0. The Morgan fingerprint density at radius 2 is 1.66 bits per heavy atom. The molecule has 32 heavy (non-hydrogen) atoms. The number of aryl methyl sites for hydroxylation is 1. The second-order valence-corrected chi connectivity index (χ2v) is 9.28. The van der Waals surface area contributed by atoms with Crippen molar-refractivity contribution in [3.8, 4) is 5.75 Å². The molecule has 1 heterocycles. The molecule has 0 bridgehead atoms. The largest absolute Gasteiger partial charge is 0.497 e. The molecule has 8 heteroatoms. The Balaban J connectivity index is 1.42. The molecule has 1 aromatic heterocycles. The van der Waals surface area contributed by atoms with E-state index in [4.69, 9.17) is 4.74 Å². The number of benzene rings is 2. The fourth-order valence-corrected chi connectivity index (χ4v) is 4.58. The molecular formula is C24H27N3O3S2. The van der Waals surface area contributed by atoms with Gasteiger partial charge in [-0.25, -0.2) is 4.98 Å². The highest BCUT2D eigenvalue weighted by atomic mass is 32.2. The standard InChI is InChI=1S/C24H27N3O3S2/c1-3-4-5-17-6-8-18(9-7-17)25-22(28)14-20-15-31-24(27-20)32-16-23(29)26-19-10-12-21(30-2)13-11-19/h6-13,15H,3-5,14,16H2,1-2H3,(H,25,28)(H,26,29). The van der Waals surface area contributed by atoms with Gasteiger partial charge in [-0.3, -0.25) is 9.59 Å². The summed E-state index contributed by atoms with van der Waals surface area (Å²) in [6.45, 7) is 2.17. The van der Waals surface area contributed by atoms with Crippen LogP contribution >= 0.6 is 23.1 Å². The summed E-state index contributed by atoms with van der Waals surface area (Å²) in [5.74, 6) is 0.762. The van der Waals surface area contributed by atoms with Crippen LogP contribution in [0.15, 0.2) is 58.3 Å². The van der Waals surface area contributed by atoms with Crippen LogP contribution in [0, 0.1) is 0 Å². The minimum atomic E-state index is -0.114. The predicted molar refractivity (Wildman–Crippen MR) is 132 cm³/mol. The Bertz CT molecular complexity index is 1020. The topological polar surface area (TPSA) is 80.3 Å². The Labute approximate surface area is 196 Å². The number of hydrogen-bond donors (Lipinski definition) is 2. The highest BCUT2D eigenvalue weighted by Gasteiger charge is 2.11. The molecule has 0 aliphatic carbocycles. The van der Waals surface area contributed by atoms with Crippen molar-refractivity contribution in [2.24, 2.45) is 0 Å². The van der Waals surface area contributed by atoms with E-state index in [0.717, 1.165) is 22.2 Å². The van der Waals surface area contributed by atoms with Crippen LogP contribution in [0.1, 0.15) is 31.0 Å². The quantitative estimate of drug-likeness (QED) is 0.367. The lowest BCUT2D eigenvalue weighted by Gasteiger charge is -2.06. The van der Waals surface area contributed by atoms with Crippen molar-refractivity contribution >= 4 is 46.3 Å². The molecule has 0 saturated carbocycles. The van der Waals surface area contributed by atoms with Gasteiger partial charge in [0, 0.05) is 16.8 Å². The van der Waals surface area contributed by atoms with Gasteiger partial charge in [0.2, 0.25) is 11.8 Å². The third-order valence-corrected chi connectivity index (χ3v) is 6.70. The lowest BCUT2D eigenvalue weighted by Crippen LogP contribution is -2.15. The fourth-order valence-electron chi connectivity index (χ4n) is 2.94. The number of nitrogens with zero attached hydrogens (tertiary/aromatic N) is 1. The number of aromatic nitrogens is 1. The molecule has 168 valence electrons. The average molecular weight is 470 g/mol. The van der Waals surface area contributed by atoms with Crippen molar-refractivity contribution in [1.82, 2.24) is 4.98 Å². The molecule has 0 saturated heterocycles. The summed E-state index contributed by atoms with van der Waals surface area (Å²) in [6.07, 6.45) is 3.59. The van der Waals surface area contributed by atoms with Crippen molar-refractivity contribution in [2.45, 2.75) is 36.9 Å². The van der Waals surface area contributed by atoms with Gasteiger partial charge in [0.05, 0.1) is 25.0 Å². The highest BCUT2D eigenvalue weighted by molar-refractivity contribution is 8.01. The third kappa shape index (κ3) is 7.69. The van der Waals surface area contributed by atoms with Gasteiger partial charge in [-0.2, -0.15) is 0 Å². The summed E-state index contributed by atoms with van der Waals surface area (Å²) in [5, 5.41) is 7.62. The normalized spacial score (nSPS) is 10.6. The number of methoxy groups -OCH3 is 1. The molecule has 0 aliphatic heterocycles. The second-order valence-electron chi connectivity index (χ2n) is 7.20. The van der Waals surface area contributed by atoms with Gasteiger partial charge in [0.15, 0.2) is 4.34 Å². The number of rotatable bonds is 11. The summed E-state index contributed by atoms with van der Waals surface area (Å²) < 4.78 is 5.87. The molecule has 2 N–H and O–H groups in total. The van der Waals surface area contributed by atoms with Crippen molar-refractivity contribution in [2.75, 3.05) is 23.5 Å². The molecule has 0 radical (unpaired) electrons. The van der Waals surface area contributed by atoms with Gasteiger partial charge in [-0.05, 0) is 54.8 Å². The number of carbonyl (C=O) groups excluding carboxylic acids is 2. The first-order valence-corrected chi connectivity index (χ1v) is 12.3. The number of thiazole rings is 1. The van der Waals surface area contributed by atoms with E-state index in [2.05, 4.69) is 34.7 Å². The van der Waals surface area contributed by atoms with Crippen molar-refractivity contribution in [1.29, 1.82) is 0 Å². The van der Waals surface area contributed by atoms with E-state index >= 15 is 0 Å². The fraction of sp³-hybridized carbons (Fsp3) is 0.292. The van der Waals surface area contributed by atoms with E-state index in [1.807, 2.05) is 17.5 Å². The molecule has 0 fully saturated rings. The van der Waals surface area contributed by atoms with E-state index in [1.54, 1.807) is 31.4 Å². The summed E-state index contributed by atoms with van der Waals surface area (Å²) in [5.41, 5.74) is 3.48. The molecule has 3 rings (SSSR count). The molecule has 2 amide bonds. The average Bonchev–Trinajstić information content (AvgIpc) is 3.25. The molecule has 0 unspecified atom stereocenters. The second kappa shape index (κ2) is 12.3. The minimum absolute atomic E-state index is 0.106. The van der Waals surface area contributed by atoms with Crippen LogP contribution in [0.3, 0.4) is 0 Å². The number of amides is 2. The van der Waals surface area contributed by atoms with Crippen LogP contribution in [0.2, 0.25) is 0 Å². The zero-order valence-corrected chi connectivity index (χ0v) is 19.9. The van der Waals surface area contributed by atoms with E-state index < -0.39 is 0 Å². The maximum Gasteiger partial charge on any atom is 0.234 e. The van der Waals surface area contributed by atoms with Gasteiger partial charge in [-0.15, -0.1) is 11.3 Å². The number of ether oxygens (including phenoxy) is 1. The van der Waals surface area contributed by atoms with Gasteiger partial charge in [-0.1, -0.05) is 37.2 Å². The number of anilines is 2. The first-order chi connectivity index (χ1) is 15.6.